The van der Waals surface area contributed by atoms with Crippen LogP contribution < -0.4 is 0 Å². The molecule has 0 saturated heterocycles. The summed E-state index contributed by atoms with van der Waals surface area (Å²) < 4.78 is 0. The monoisotopic (exact) mass is 228 g/mol. The Bertz CT molecular complexity index is 573. The van der Waals surface area contributed by atoms with Crippen LogP contribution in [0.4, 0.5) is 0 Å². The van der Waals surface area contributed by atoms with Gasteiger partial charge in [-0.2, -0.15) is 0 Å². The fourth-order valence-electron chi connectivity index (χ4n) is 1.86. The van der Waals surface area contributed by atoms with Crippen LogP contribution in [0.5, 0.6) is 5.75 Å². The summed E-state index contributed by atoms with van der Waals surface area (Å²) in [6, 6.07) is 12.2. The van der Waals surface area contributed by atoms with Crippen LogP contribution in [0.1, 0.15) is 15.9 Å². The summed E-state index contributed by atoms with van der Waals surface area (Å²) in [7, 11) is 0. The molecule has 0 aliphatic rings. The molecule has 2 N–H and O–H groups in total. The van der Waals surface area contributed by atoms with Crippen LogP contribution in [0.15, 0.2) is 42.5 Å². The molecule has 17 heavy (non-hydrogen) atoms. The topological polar surface area (TPSA) is 57.5 Å². The zero-order valence-corrected chi connectivity index (χ0v) is 9.34. The third-order valence-corrected chi connectivity index (χ3v) is 2.69. The quantitative estimate of drug-likeness (QED) is 0.830. The first-order valence-corrected chi connectivity index (χ1v) is 5.22. The van der Waals surface area contributed by atoms with E-state index in [4.69, 9.17) is 5.11 Å². The average molecular weight is 228 g/mol. The summed E-state index contributed by atoms with van der Waals surface area (Å²) in [4.78, 5) is 11.2. The molecule has 0 amide bonds. The summed E-state index contributed by atoms with van der Waals surface area (Å²) in [6.07, 6.45) is 0. The summed E-state index contributed by atoms with van der Waals surface area (Å²) in [6.45, 7) is 1.91. The van der Waals surface area contributed by atoms with E-state index >= 15 is 0 Å². The maximum atomic E-state index is 11.2. The van der Waals surface area contributed by atoms with E-state index in [2.05, 4.69) is 0 Å². The number of aromatic carboxylic acids is 1. The number of hydrogen-bond acceptors (Lipinski definition) is 2. The highest BCUT2D eigenvalue weighted by molar-refractivity contribution is 5.99. The van der Waals surface area contributed by atoms with Gasteiger partial charge in [-0.1, -0.05) is 36.4 Å². The van der Waals surface area contributed by atoms with E-state index in [1.807, 2.05) is 31.2 Å². The molecule has 0 saturated carbocycles. The van der Waals surface area contributed by atoms with Gasteiger partial charge in [-0.3, -0.25) is 0 Å². The van der Waals surface area contributed by atoms with Crippen LogP contribution in [0.2, 0.25) is 0 Å². The molecule has 2 rings (SSSR count). The van der Waals surface area contributed by atoms with Crippen molar-refractivity contribution in [2.75, 3.05) is 0 Å². The summed E-state index contributed by atoms with van der Waals surface area (Å²) in [5.74, 6) is -1.33. The molecule has 0 heterocycles. The lowest BCUT2D eigenvalue weighted by Gasteiger charge is -2.10. The maximum Gasteiger partial charge on any atom is 0.340 e. The number of rotatable bonds is 2. The largest absolute Gasteiger partial charge is 0.507 e. The van der Waals surface area contributed by atoms with Gasteiger partial charge in [0.05, 0.1) is 0 Å². The van der Waals surface area contributed by atoms with E-state index in [-0.39, 0.29) is 11.3 Å². The van der Waals surface area contributed by atoms with Gasteiger partial charge in [-0.05, 0) is 24.1 Å². The second kappa shape index (κ2) is 4.29. The van der Waals surface area contributed by atoms with Crippen molar-refractivity contribution in [1.82, 2.24) is 0 Å². The molecule has 2 aromatic carbocycles. The van der Waals surface area contributed by atoms with Crippen molar-refractivity contribution in [1.29, 1.82) is 0 Å². The highest BCUT2D eigenvalue weighted by Gasteiger charge is 2.16. The van der Waals surface area contributed by atoms with Gasteiger partial charge >= 0.3 is 5.97 Å². The Morgan fingerprint density at radius 1 is 1.00 bits per heavy atom. The maximum absolute atomic E-state index is 11.2. The zero-order chi connectivity index (χ0) is 12.4. The molecule has 0 unspecified atom stereocenters. The number of aromatic hydroxyl groups is 1. The third kappa shape index (κ3) is 1.99. The van der Waals surface area contributed by atoms with Crippen LogP contribution in [-0.4, -0.2) is 16.2 Å². The molecule has 0 atom stereocenters. The van der Waals surface area contributed by atoms with Crippen molar-refractivity contribution in [2.45, 2.75) is 6.92 Å². The summed E-state index contributed by atoms with van der Waals surface area (Å²) >= 11 is 0. The molecule has 0 aromatic heterocycles. The van der Waals surface area contributed by atoms with Gasteiger partial charge in [0, 0.05) is 5.56 Å². The number of phenols is 1. The average Bonchev–Trinajstić information content (AvgIpc) is 2.28. The number of carbonyl (C=O) groups is 1. The predicted octanol–water partition coefficient (Wildman–Crippen LogP) is 3.07. The van der Waals surface area contributed by atoms with Gasteiger partial charge in [-0.25, -0.2) is 4.79 Å². The molecule has 0 aliphatic carbocycles. The second-order valence-electron chi connectivity index (χ2n) is 3.82. The van der Waals surface area contributed by atoms with Crippen molar-refractivity contribution in [3.8, 4) is 16.9 Å². The molecule has 3 nitrogen and oxygen atoms in total. The van der Waals surface area contributed by atoms with E-state index in [1.165, 1.54) is 6.07 Å². The molecule has 2 aromatic rings. The minimum Gasteiger partial charge on any atom is -0.507 e. The smallest absolute Gasteiger partial charge is 0.340 e. The van der Waals surface area contributed by atoms with Crippen LogP contribution in [0.3, 0.4) is 0 Å². The van der Waals surface area contributed by atoms with Gasteiger partial charge < -0.3 is 10.2 Å². The lowest BCUT2D eigenvalue weighted by atomic mass is 9.95. The first-order valence-electron chi connectivity index (χ1n) is 5.22. The Balaban J connectivity index is 2.72. The van der Waals surface area contributed by atoms with E-state index in [1.54, 1.807) is 12.1 Å². The van der Waals surface area contributed by atoms with Gasteiger partial charge in [0.2, 0.25) is 0 Å². The first kappa shape index (κ1) is 11.2. The van der Waals surface area contributed by atoms with Crippen molar-refractivity contribution < 1.29 is 15.0 Å². The Morgan fingerprint density at radius 2 is 1.65 bits per heavy atom. The fraction of sp³-hybridized carbons (Fsp3) is 0.0714. The Kier molecular flexibility index (Phi) is 2.83. The Hall–Kier alpha value is -2.29. The normalized spacial score (nSPS) is 10.2. The van der Waals surface area contributed by atoms with E-state index in [9.17, 15) is 9.90 Å². The van der Waals surface area contributed by atoms with Gasteiger partial charge in [0.1, 0.15) is 11.3 Å². The highest BCUT2D eigenvalue weighted by atomic mass is 16.4. The van der Waals surface area contributed by atoms with Crippen molar-refractivity contribution >= 4 is 5.97 Å². The Morgan fingerprint density at radius 3 is 2.29 bits per heavy atom. The third-order valence-electron chi connectivity index (χ3n) is 2.69. The highest BCUT2D eigenvalue weighted by Crippen LogP contribution is 2.31. The predicted molar refractivity (Wildman–Crippen MR) is 65.2 cm³/mol. The number of hydrogen-bond donors (Lipinski definition) is 2. The van der Waals surface area contributed by atoms with Crippen molar-refractivity contribution in [3.05, 3.63) is 53.6 Å². The molecular weight excluding hydrogens is 216 g/mol. The van der Waals surface area contributed by atoms with E-state index in [0.29, 0.717) is 5.56 Å². The van der Waals surface area contributed by atoms with Gasteiger partial charge in [-0.15, -0.1) is 0 Å². The molecule has 0 bridgehead atoms. The molecule has 0 spiro atoms. The lowest BCUT2D eigenvalue weighted by Crippen LogP contribution is -2.00. The van der Waals surface area contributed by atoms with Crippen molar-refractivity contribution in [3.63, 3.8) is 0 Å². The first-order chi connectivity index (χ1) is 8.11. The number of aryl methyl sites for hydroxylation is 1. The number of carboxylic acid groups (broad SMARTS) is 1. The zero-order valence-electron chi connectivity index (χ0n) is 9.34. The van der Waals surface area contributed by atoms with Crippen LogP contribution >= 0.6 is 0 Å². The fourth-order valence-corrected chi connectivity index (χ4v) is 1.86. The second-order valence-corrected chi connectivity index (χ2v) is 3.82. The Labute approximate surface area is 99.0 Å². The molecular formula is C14H12O3. The van der Waals surface area contributed by atoms with E-state index < -0.39 is 5.97 Å². The number of benzene rings is 2. The summed E-state index contributed by atoms with van der Waals surface area (Å²) in [5, 5.41) is 18.8. The molecule has 0 aliphatic heterocycles. The van der Waals surface area contributed by atoms with Gasteiger partial charge in [0.25, 0.3) is 0 Å². The van der Waals surface area contributed by atoms with Crippen LogP contribution in [0.25, 0.3) is 11.1 Å². The number of carboxylic acids is 1. The van der Waals surface area contributed by atoms with Gasteiger partial charge in [0.15, 0.2) is 0 Å². The minimum atomic E-state index is -1.12. The standard InChI is InChI=1S/C14H12O3/c1-9-5-2-3-6-10(9)11-7-4-8-12(15)13(11)14(16)17/h2-8,15H,1H3,(H,16,17). The molecule has 0 radical (unpaired) electrons. The SMILES string of the molecule is Cc1ccccc1-c1cccc(O)c1C(=O)O. The molecule has 3 heteroatoms. The molecule has 86 valence electrons. The van der Waals surface area contributed by atoms with Crippen LogP contribution in [0, 0.1) is 6.92 Å². The lowest BCUT2D eigenvalue weighted by molar-refractivity contribution is 0.0694. The minimum absolute atomic E-state index is 0.0539. The van der Waals surface area contributed by atoms with Crippen molar-refractivity contribution in [2.24, 2.45) is 0 Å². The molecule has 0 fully saturated rings. The summed E-state index contributed by atoms with van der Waals surface area (Å²) in [5.41, 5.74) is 2.28. The van der Waals surface area contributed by atoms with E-state index in [0.717, 1.165) is 11.1 Å². The van der Waals surface area contributed by atoms with Crippen LogP contribution in [-0.2, 0) is 0 Å².